The quantitative estimate of drug-likeness (QED) is 0.0298. The van der Waals surface area contributed by atoms with Gasteiger partial charge in [-0.25, -0.2) is 0 Å². The molecule has 0 aromatic rings. The Bertz CT molecular complexity index is 858. The second-order valence-corrected chi connectivity index (χ2v) is 14.1. The van der Waals surface area contributed by atoms with Gasteiger partial charge in [-0.1, -0.05) is 172 Å². The van der Waals surface area contributed by atoms with Crippen molar-refractivity contribution in [2.75, 3.05) is 13.2 Å². The molecule has 2 atom stereocenters. The van der Waals surface area contributed by atoms with E-state index in [9.17, 15) is 19.8 Å². The van der Waals surface area contributed by atoms with E-state index < -0.39 is 18.2 Å². The van der Waals surface area contributed by atoms with Crippen LogP contribution in [0.1, 0.15) is 181 Å². The molecule has 0 aliphatic heterocycles. The molecule has 0 aromatic carbocycles. The molecule has 0 radical (unpaired) electrons. The van der Waals surface area contributed by atoms with Gasteiger partial charge in [-0.05, 0) is 50.9 Å². The second kappa shape index (κ2) is 37.1. The predicted octanol–water partition coefficient (Wildman–Crippen LogP) is 11.4. The van der Waals surface area contributed by atoms with Crippen molar-refractivity contribution in [2.24, 2.45) is 5.92 Å². The Morgan fingerprint density at radius 2 is 1.04 bits per heavy atom. The van der Waals surface area contributed by atoms with Gasteiger partial charge in [0, 0.05) is 12.8 Å². The van der Waals surface area contributed by atoms with Crippen LogP contribution in [0.25, 0.3) is 0 Å². The van der Waals surface area contributed by atoms with Gasteiger partial charge in [-0.15, -0.1) is 0 Å². The maximum atomic E-state index is 12.0. The molecule has 0 saturated carbocycles. The summed E-state index contributed by atoms with van der Waals surface area (Å²) < 4.78 is 10.2. The molecule has 0 bridgehead atoms. The topological polar surface area (TPSA) is 93.1 Å². The Morgan fingerprint density at radius 3 is 1.59 bits per heavy atom. The van der Waals surface area contributed by atoms with E-state index in [4.69, 9.17) is 9.47 Å². The lowest BCUT2D eigenvalue weighted by atomic mass is 10.0. The molecule has 284 valence electrons. The summed E-state index contributed by atoms with van der Waals surface area (Å²) in [6.45, 7) is 6.46. The van der Waals surface area contributed by atoms with E-state index in [1.54, 1.807) is 6.08 Å². The first kappa shape index (κ1) is 46.8. The molecule has 0 aromatic heterocycles. The molecule has 0 amide bonds. The third-order valence-corrected chi connectivity index (χ3v) is 8.60. The maximum Gasteiger partial charge on any atom is 0.305 e. The van der Waals surface area contributed by atoms with Gasteiger partial charge in [0.2, 0.25) is 0 Å². The van der Waals surface area contributed by atoms with E-state index in [-0.39, 0.29) is 25.6 Å². The molecule has 0 heterocycles. The van der Waals surface area contributed by atoms with Crippen molar-refractivity contribution in [3.05, 3.63) is 48.6 Å². The van der Waals surface area contributed by atoms with Gasteiger partial charge in [0.05, 0.1) is 6.10 Å². The van der Waals surface area contributed by atoms with Gasteiger partial charge in [-0.3, -0.25) is 9.59 Å². The minimum absolute atomic E-state index is 0.157. The Balaban J connectivity index is 3.61. The first-order valence-electron chi connectivity index (χ1n) is 20.2. The Kier molecular flexibility index (Phi) is 35.4. The van der Waals surface area contributed by atoms with Crippen molar-refractivity contribution in [1.82, 2.24) is 0 Å². The number of unbranched alkanes of at least 4 members (excludes halogenated alkanes) is 16. The Morgan fingerprint density at radius 1 is 0.551 bits per heavy atom. The number of allylic oxidation sites excluding steroid dienone is 7. The minimum atomic E-state index is -1.04. The number of aliphatic hydroxyl groups excluding tert-OH is 2. The van der Waals surface area contributed by atoms with Gasteiger partial charge in [0.1, 0.15) is 19.3 Å². The second-order valence-electron chi connectivity index (χ2n) is 14.1. The summed E-state index contributed by atoms with van der Waals surface area (Å²) >= 11 is 0. The summed E-state index contributed by atoms with van der Waals surface area (Å²) in [7, 11) is 0. The SMILES string of the molecule is CCCCC/C=C\C/C=C\C/C=C\C=C\[C@@H](O)CCCC(=O)OC[C@@H](O)COC(=O)CCCCCCCCCCCCCCCCC(C)C. The Labute approximate surface area is 301 Å². The van der Waals surface area contributed by atoms with Crippen LogP contribution in [0, 0.1) is 5.92 Å². The van der Waals surface area contributed by atoms with Crippen molar-refractivity contribution >= 4 is 11.9 Å². The Hall–Kier alpha value is -2.18. The lowest BCUT2D eigenvalue weighted by molar-refractivity contribution is -0.152. The van der Waals surface area contributed by atoms with Crippen molar-refractivity contribution < 1.29 is 29.3 Å². The molecule has 0 saturated heterocycles. The zero-order chi connectivity index (χ0) is 36.0. The van der Waals surface area contributed by atoms with E-state index in [1.807, 2.05) is 18.2 Å². The highest BCUT2D eigenvalue weighted by atomic mass is 16.6. The first-order chi connectivity index (χ1) is 23.8. The standard InChI is InChI=1S/C43H76O6/c1-4-5-6-7-8-9-10-13-17-20-23-26-29-33-40(44)34-31-36-43(47)49-38-41(45)37-48-42(46)35-30-27-24-21-18-15-12-11-14-16-19-22-25-28-32-39(2)3/h8-9,13,17,23,26,29,33,39-41,44-45H,4-7,10-12,14-16,18-22,24-25,27-28,30-32,34-38H2,1-3H3/b9-8-,17-13-,26-23-,33-29+/t40-,41+/m1/s1. The molecule has 6 nitrogen and oxygen atoms in total. The van der Waals surface area contributed by atoms with Crippen LogP contribution in [0.15, 0.2) is 48.6 Å². The minimum Gasteiger partial charge on any atom is -0.463 e. The van der Waals surface area contributed by atoms with Crippen molar-refractivity contribution in [1.29, 1.82) is 0 Å². The monoisotopic (exact) mass is 689 g/mol. The number of esters is 2. The van der Waals surface area contributed by atoms with Crippen LogP contribution in [0.2, 0.25) is 0 Å². The largest absolute Gasteiger partial charge is 0.463 e. The van der Waals surface area contributed by atoms with Crippen molar-refractivity contribution in [3.63, 3.8) is 0 Å². The fourth-order valence-corrected chi connectivity index (χ4v) is 5.49. The summed E-state index contributed by atoms with van der Waals surface area (Å²) in [5, 5.41) is 20.1. The summed E-state index contributed by atoms with van der Waals surface area (Å²) in [5.74, 6) is 0.0850. The maximum absolute atomic E-state index is 12.0. The van der Waals surface area contributed by atoms with Crippen LogP contribution in [0.4, 0.5) is 0 Å². The molecule has 0 spiro atoms. The predicted molar refractivity (Wildman–Crippen MR) is 206 cm³/mol. The van der Waals surface area contributed by atoms with Crippen LogP contribution in [0.3, 0.4) is 0 Å². The fraction of sp³-hybridized carbons (Fsp3) is 0.767. The van der Waals surface area contributed by atoms with E-state index >= 15 is 0 Å². The van der Waals surface area contributed by atoms with E-state index in [0.29, 0.717) is 19.3 Å². The number of rotatable bonds is 35. The van der Waals surface area contributed by atoms with Crippen LogP contribution in [-0.4, -0.2) is 47.6 Å². The molecule has 0 fully saturated rings. The fourth-order valence-electron chi connectivity index (χ4n) is 5.49. The molecule has 0 aliphatic carbocycles. The van der Waals surface area contributed by atoms with Gasteiger partial charge >= 0.3 is 11.9 Å². The van der Waals surface area contributed by atoms with Gasteiger partial charge in [0.15, 0.2) is 0 Å². The van der Waals surface area contributed by atoms with Crippen LogP contribution in [0.5, 0.6) is 0 Å². The van der Waals surface area contributed by atoms with Crippen LogP contribution < -0.4 is 0 Å². The molecule has 0 rings (SSSR count). The van der Waals surface area contributed by atoms with Crippen LogP contribution in [-0.2, 0) is 19.1 Å². The molecule has 0 unspecified atom stereocenters. The summed E-state index contributed by atoms with van der Waals surface area (Å²) in [6.07, 6.45) is 42.0. The normalized spacial score (nSPS) is 13.4. The van der Waals surface area contributed by atoms with Gasteiger partial charge in [-0.2, -0.15) is 0 Å². The summed E-state index contributed by atoms with van der Waals surface area (Å²) in [5.41, 5.74) is 0. The molecule has 6 heteroatoms. The van der Waals surface area contributed by atoms with Crippen molar-refractivity contribution in [3.8, 4) is 0 Å². The molecular formula is C43H76O6. The molecule has 49 heavy (non-hydrogen) atoms. The highest BCUT2D eigenvalue weighted by molar-refractivity contribution is 5.69. The number of aliphatic hydroxyl groups is 2. The zero-order valence-corrected chi connectivity index (χ0v) is 32.0. The number of hydrogen-bond acceptors (Lipinski definition) is 6. The number of ether oxygens (including phenoxy) is 2. The third-order valence-electron chi connectivity index (χ3n) is 8.60. The molecule has 2 N–H and O–H groups in total. The van der Waals surface area contributed by atoms with Gasteiger partial charge < -0.3 is 19.7 Å². The summed E-state index contributed by atoms with van der Waals surface area (Å²) in [6, 6.07) is 0. The highest BCUT2D eigenvalue weighted by Crippen LogP contribution is 2.15. The van der Waals surface area contributed by atoms with Crippen molar-refractivity contribution in [2.45, 2.75) is 193 Å². The third kappa shape index (κ3) is 38.5. The lowest BCUT2D eigenvalue weighted by Gasteiger charge is -2.12. The number of carbonyl (C=O) groups is 2. The van der Waals surface area contributed by atoms with Gasteiger partial charge in [0.25, 0.3) is 0 Å². The van der Waals surface area contributed by atoms with E-state index in [1.165, 1.54) is 96.3 Å². The summed E-state index contributed by atoms with van der Waals surface area (Å²) in [4.78, 5) is 24.0. The van der Waals surface area contributed by atoms with Crippen LogP contribution >= 0.6 is 0 Å². The smallest absolute Gasteiger partial charge is 0.305 e. The first-order valence-corrected chi connectivity index (χ1v) is 20.2. The van der Waals surface area contributed by atoms with E-state index in [0.717, 1.165) is 44.4 Å². The average Bonchev–Trinajstić information content (AvgIpc) is 3.08. The number of carbonyl (C=O) groups excluding carboxylic acids is 2. The zero-order valence-electron chi connectivity index (χ0n) is 32.0. The number of hydrogen-bond donors (Lipinski definition) is 2. The highest BCUT2D eigenvalue weighted by Gasteiger charge is 2.12. The van der Waals surface area contributed by atoms with E-state index in [2.05, 4.69) is 45.1 Å². The average molecular weight is 689 g/mol. The lowest BCUT2D eigenvalue weighted by Crippen LogP contribution is -2.25. The molecular weight excluding hydrogens is 612 g/mol. The molecule has 0 aliphatic rings.